The first kappa shape index (κ1) is 18.7. The van der Waals surface area contributed by atoms with E-state index in [0.717, 1.165) is 35.8 Å². The van der Waals surface area contributed by atoms with Crippen LogP contribution in [0.4, 0.5) is 0 Å². The van der Waals surface area contributed by atoms with E-state index < -0.39 is 5.97 Å². The molecule has 3 aromatic rings. The molecule has 0 spiro atoms. The minimum Gasteiger partial charge on any atom is -0.478 e. The zero-order valence-electron chi connectivity index (χ0n) is 16.4. The molecule has 1 aromatic carbocycles. The normalized spacial score (nSPS) is 13.9. The average Bonchev–Trinajstić information content (AvgIpc) is 3.45. The summed E-state index contributed by atoms with van der Waals surface area (Å²) in [5.41, 5.74) is 5.52. The second-order valence-corrected chi connectivity index (χ2v) is 7.59. The summed E-state index contributed by atoms with van der Waals surface area (Å²) in [6, 6.07) is 8.23. The lowest BCUT2D eigenvalue weighted by molar-refractivity contribution is 0.0695. The number of carboxylic acids is 1. The maximum atomic E-state index is 11.8. The Kier molecular flexibility index (Phi) is 5.18. The Hall–Kier alpha value is -2.66. The van der Waals surface area contributed by atoms with Crippen LogP contribution < -0.4 is 0 Å². The van der Waals surface area contributed by atoms with E-state index in [0.29, 0.717) is 36.8 Å². The molecule has 28 heavy (non-hydrogen) atoms. The topological polar surface area (TPSA) is 64.3 Å². The van der Waals surface area contributed by atoms with Crippen LogP contribution in [0.25, 0.3) is 10.9 Å². The lowest BCUT2D eigenvalue weighted by Crippen LogP contribution is -2.07. The van der Waals surface area contributed by atoms with Crippen molar-refractivity contribution in [2.24, 2.45) is 7.05 Å². The SMILES string of the molecule is CCOCCc1cc(Cc2ncc(C3CC3)cc2C(=O)O)cc2ccn(C)c12. The van der Waals surface area contributed by atoms with Crippen molar-refractivity contribution in [3.05, 3.63) is 64.6 Å². The lowest BCUT2D eigenvalue weighted by Gasteiger charge is -2.12. The number of hydrogen-bond acceptors (Lipinski definition) is 3. The van der Waals surface area contributed by atoms with E-state index in [4.69, 9.17) is 4.74 Å². The van der Waals surface area contributed by atoms with Gasteiger partial charge in [-0.05, 0) is 67.0 Å². The van der Waals surface area contributed by atoms with Crippen molar-refractivity contribution in [3.8, 4) is 0 Å². The highest BCUT2D eigenvalue weighted by atomic mass is 16.5. The molecule has 1 N–H and O–H groups in total. The van der Waals surface area contributed by atoms with Crippen LogP contribution >= 0.6 is 0 Å². The van der Waals surface area contributed by atoms with Gasteiger partial charge in [0, 0.05) is 37.9 Å². The third-order valence-corrected chi connectivity index (χ3v) is 5.47. The number of rotatable bonds is 8. The average molecular weight is 378 g/mol. The predicted octanol–water partition coefficient (Wildman–Crippen LogP) is 4.32. The molecule has 0 amide bonds. The lowest BCUT2D eigenvalue weighted by atomic mass is 9.98. The second kappa shape index (κ2) is 7.76. The molecule has 5 nitrogen and oxygen atoms in total. The van der Waals surface area contributed by atoms with Crippen LogP contribution in [0, 0.1) is 0 Å². The smallest absolute Gasteiger partial charge is 0.337 e. The fourth-order valence-electron chi connectivity index (χ4n) is 3.90. The van der Waals surface area contributed by atoms with Gasteiger partial charge in [0.1, 0.15) is 0 Å². The Morgan fingerprint density at radius 2 is 2.14 bits per heavy atom. The van der Waals surface area contributed by atoms with Crippen molar-refractivity contribution in [2.75, 3.05) is 13.2 Å². The van der Waals surface area contributed by atoms with E-state index in [1.54, 1.807) is 0 Å². The highest BCUT2D eigenvalue weighted by Gasteiger charge is 2.26. The first-order valence-electron chi connectivity index (χ1n) is 9.93. The Balaban J connectivity index is 1.68. The summed E-state index contributed by atoms with van der Waals surface area (Å²) in [4.78, 5) is 16.3. The molecule has 4 rings (SSSR count). The zero-order chi connectivity index (χ0) is 19.7. The van der Waals surface area contributed by atoms with Crippen molar-refractivity contribution in [1.29, 1.82) is 0 Å². The number of benzene rings is 1. The van der Waals surface area contributed by atoms with Gasteiger partial charge in [0.15, 0.2) is 0 Å². The second-order valence-electron chi connectivity index (χ2n) is 7.59. The van der Waals surface area contributed by atoms with Crippen molar-refractivity contribution < 1.29 is 14.6 Å². The van der Waals surface area contributed by atoms with E-state index >= 15 is 0 Å². The Labute approximate surface area is 165 Å². The van der Waals surface area contributed by atoms with E-state index in [-0.39, 0.29) is 0 Å². The molecule has 0 unspecified atom stereocenters. The van der Waals surface area contributed by atoms with E-state index in [1.807, 2.05) is 26.2 Å². The van der Waals surface area contributed by atoms with Gasteiger partial charge in [-0.25, -0.2) is 4.79 Å². The van der Waals surface area contributed by atoms with Crippen LogP contribution in [0.2, 0.25) is 0 Å². The maximum Gasteiger partial charge on any atom is 0.337 e. The molecule has 0 saturated heterocycles. The van der Waals surface area contributed by atoms with Gasteiger partial charge in [-0.3, -0.25) is 4.98 Å². The van der Waals surface area contributed by atoms with Crippen molar-refractivity contribution in [2.45, 2.75) is 38.5 Å². The molecule has 146 valence electrons. The summed E-state index contributed by atoms with van der Waals surface area (Å²) in [7, 11) is 2.05. The molecule has 1 aliphatic carbocycles. The summed E-state index contributed by atoms with van der Waals surface area (Å²) in [6.07, 6.45) is 7.53. The van der Waals surface area contributed by atoms with Crippen LogP contribution in [-0.2, 0) is 24.6 Å². The number of ether oxygens (including phenoxy) is 1. The number of carbonyl (C=O) groups is 1. The third kappa shape index (κ3) is 3.80. The van der Waals surface area contributed by atoms with Gasteiger partial charge in [0.2, 0.25) is 0 Å². The van der Waals surface area contributed by atoms with Crippen molar-refractivity contribution in [1.82, 2.24) is 9.55 Å². The molecule has 5 heteroatoms. The molecule has 0 bridgehead atoms. The molecule has 0 radical (unpaired) electrons. The number of aryl methyl sites for hydroxylation is 1. The summed E-state index contributed by atoms with van der Waals surface area (Å²) >= 11 is 0. The van der Waals surface area contributed by atoms with Gasteiger partial charge >= 0.3 is 5.97 Å². The highest BCUT2D eigenvalue weighted by Crippen LogP contribution is 2.40. The van der Waals surface area contributed by atoms with Gasteiger partial charge in [-0.2, -0.15) is 0 Å². The molecular weight excluding hydrogens is 352 g/mol. The molecule has 0 aliphatic heterocycles. The van der Waals surface area contributed by atoms with Gasteiger partial charge in [-0.1, -0.05) is 6.07 Å². The summed E-state index contributed by atoms with van der Waals surface area (Å²) in [5, 5.41) is 10.8. The fraction of sp³-hybridized carbons (Fsp3) is 0.391. The fourth-order valence-corrected chi connectivity index (χ4v) is 3.90. The van der Waals surface area contributed by atoms with Gasteiger partial charge < -0.3 is 14.4 Å². The number of aromatic carboxylic acids is 1. The summed E-state index contributed by atoms with van der Waals surface area (Å²) in [6.45, 7) is 3.38. The van der Waals surface area contributed by atoms with E-state index in [9.17, 15) is 9.90 Å². The quantitative estimate of drug-likeness (QED) is 0.593. The first-order valence-corrected chi connectivity index (χ1v) is 9.93. The molecule has 2 aromatic heterocycles. The predicted molar refractivity (Wildman–Crippen MR) is 109 cm³/mol. The van der Waals surface area contributed by atoms with E-state index in [2.05, 4.69) is 33.9 Å². The van der Waals surface area contributed by atoms with Crippen LogP contribution in [0.1, 0.15) is 58.4 Å². The molecule has 0 atom stereocenters. The highest BCUT2D eigenvalue weighted by molar-refractivity contribution is 5.89. The number of nitrogens with zero attached hydrogens (tertiary/aromatic N) is 2. The minimum absolute atomic E-state index is 0.327. The number of hydrogen-bond donors (Lipinski definition) is 1. The van der Waals surface area contributed by atoms with Crippen molar-refractivity contribution >= 4 is 16.9 Å². The number of fused-ring (bicyclic) bond motifs is 1. The zero-order valence-corrected chi connectivity index (χ0v) is 16.4. The van der Waals surface area contributed by atoms with Gasteiger partial charge in [0.05, 0.1) is 23.4 Å². The Morgan fingerprint density at radius 3 is 2.86 bits per heavy atom. The minimum atomic E-state index is -0.901. The molecule has 2 heterocycles. The summed E-state index contributed by atoms with van der Waals surface area (Å²) < 4.78 is 7.68. The molecule has 1 fully saturated rings. The monoisotopic (exact) mass is 378 g/mol. The first-order chi connectivity index (χ1) is 13.6. The number of carboxylic acid groups (broad SMARTS) is 1. The Bertz CT molecular complexity index is 1020. The van der Waals surface area contributed by atoms with Crippen molar-refractivity contribution in [3.63, 3.8) is 0 Å². The molecular formula is C23H26N2O3. The van der Waals surface area contributed by atoms with Crippen LogP contribution in [0.15, 0.2) is 36.7 Å². The largest absolute Gasteiger partial charge is 0.478 e. The number of pyridine rings is 1. The Morgan fingerprint density at radius 1 is 1.32 bits per heavy atom. The third-order valence-electron chi connectivity index (χ3n) is 5.47. The van der Waals surface area contributed by atoms with Crippen LogP contribution in [0.3, 0.4) is 0 Å². The van der Waals surface area contributed by atoms with Crippen LogP contribution in [-0.4, -0.2) is 33.8 Å². The van der Waals surface area contributed by atoms with Crippen LogP contribution in [0.5, 0.6) is 0 Å². The van der Waals surface area contributed by atoms with E-state index in [1.165, 1.54) is 11.1 Å². The maximum absolute atomic E-state index is 11.8. The van der Waals surface area contributed by atoms with Gasteiger partial charge in [-0.15, -0.1) is 0 Å². The standard InChI is InChI=1S/C23H26N2O3/c1-3-28-9-7-18-11-15(10-17-6-8-25(2)22(17)18)12-21-20(23(26)27)13-19(14-24-21)16-4-5-16/h6,8,10-11,13-14,16H,3-5,7,9,12H2,1-2H3,(H,26,27). The molecule has 1 saturated carbocycles. The number of aromatic nitrogens is 2. The summed E-state index contributed by atoms with van der Waals surface area (Å²) in [5.74, 6) is -0.409. The van der Waals surface area contributed by atoms with Gasteiger partial charge in [0.25, 0.3) is 0 Å². The molecule has 1 aliphatic rings.